The van der Waals surface area contributed by atoms with Crippen LogP contribution in [-0.2, 0) is 17.8 Å². The number of hydrogen-bond donors (Lipinski definition) is 1. The molecule has 1 N–H and O–H groups in total. The molecule has 3 aromatic carbocycles. The first-order valence-corrected chi connectivity index (χ1v) is 12.8. The summed E-state index contributed by atoms with van der Waals surface area (Å²) >= 11 is 0. The van der Waals surface area contributed by atoms with Gasteiger partial charge in [-0.25, -0.2) is 4.98 Å². The van der Waals surface area contributed by atoms with Gasteiger partial charge in [-0.3, -0.25) is 4.79 Å². The maximum Gasteiger partial charge on any atom is 0.268 e. The Kier molecular flexibility index (Phi) is 6.40. The van der Waals surface area contributed by atoms with Crippen LogP contribution in [0, 0.1) is 34.6 Å². The average molecular weight is 495 g/mol. The zero-order valence-electron chi connectivity index (χ0n) is 22.5. The number of rotatable bonds is 5. The van der Waals surface area contributed by atoms with Crippen LogP contribution in [0.3, 0.4) is 0 Å². The van der Waals surface area contributed by atoms with E-state index in [2.05, 4.69) is 31.3 Å². The first-order chi connectivity index (χ1) is 17.7. The third-order valence-corrected chi connectivity index (χ3v) is 7.71. The van der Waals surface area contributed by atoms with E-state index in [9.17, 15) is 4.79 Å². The average Bonchev–Trinajstić information content (AvgIpc) is 2.89. The second-order valence-corrected chi connectivity index (χ2v) is 10.3. The Morgan fingerprint density at radius 2 is 1.68 bits per heavy atom. The van der Waals surface area contributed by atoms with Crippen LogP contribution in [0.25, 0.3) is 10.9 Å². The summed E-state index contributed by atoms with van der Waals surface area (Å²) < 4.78 is 12.9. The van der Waals surface area contributed by atoms with Crippen molar-refractivity contribution in [2.45, 2.75) is 66.6 Å². The monoisotopic (exact) mass is 494 g/mol. The van der Waals surface area contributed by atoms with Crippen molar-refractivity contribution in [3.8, 4) is 11.5 Å². The van der Waals surface area contributed by atoms with Gasteiger partial charge in [-0.05, 0) is 87.9 Å². The predicted octanol–water partition coefficient (Wildman–Crippen LogP) is 7.08. The van der Waals surface area contributed by atoms with E-state index >= 15 is 0 Å². The van der Waals surface area contributed by atoms with Gasteiger partial charge in [-0.15, -0.1) is 0 Å². The van der Waals surface area contributed by atoms with Gasteiger partial charge in [0.05, 0.1) is 11.2 Å². The zero-order valence-corrected chi connectivity index (χ0v) is 22.5. The Balaban J connectivity index is 1.39. The topological polar surface area (TPSA) is 60.5 Å². The number of aromatic nitrogens is 1. The molecule has 1 amide bonds. The van der Waals surface area contributed by atoms with Gasteiger partial charge >= 0.3 is 0 Å². The number of pyridine rings is 1. The summed E-state index contributed by atoms with van der Waals surface area (Å²) in [6.45, 7) is 12.5. The highest BCUT2D eigenvalue weighted by molar-refractivity contribution is 5.98. The van der Waals surface area contributed by atoms with Crippen molar-refractivity contribution >= 4 is 22.5 Å². The fraction of sp³-hybridized carbons (Fsp3) is 0.312. The minimum Gasteiger partial charge on any atom is -0.487 e. The van der Waals surface area contributed by atoms with E-state index in [4.69, 9.17) is 14.5 Å². The fourth-order valence-corrected chi connectivity index (χ4v) is 5.20. The first kappa shape index (κ1) is 24.8. The number of amides is 1. The number of carbonyl (C=O) groups is 1. The molecule has 1 atom stereocenters. The normalized spacial score (nSPS) is 16.7. The Bertz CT molecular complexity index is 1500. The highest BCUT2D eigenvalue weighted by atomic mass is 16.5. The van der Waals surface area contributed by atoms with Crippen molar-refractivity contribution in [3.05, 3.63) is 93.7 Å². The second kappa shape index (κ2) is 9.55. The van der Waals surface area contributed by atoms with Crippen LogP contribution in [0.4, 0.5) is 5.69 Å². The van der Waals surface area contributed by atoms with Crippen LogP contribution >= 0.6 is 0 Å². The lowest BCUT2D eigenvalue weighted by Gasteiger charge is -2.37. The molecule has 0 radical (unpaired) electrons. The Labute approximate surface area is 218 Å². The van der Waals surface area contributed by atoms with Crippen molar-refractivity contribution in [2.75, 3.05) is 5.32 Å². The molecular weight excluding hydrogens is 460 g/mol. The third-order valence-electron chi connectivity index (χ3n) is 7.71. The number of anilines is 1. The van der Waals surface area contributed by atoms with Gasteiger partial charge in [0, 0.05) is 23.1 Å². The van der Waals surface area contributed by atoms with Gasteiger partial charge in [0.2, 0.25) is 0 Å². The number of hydrogen-bond acceptors (Lipinski definition) is 4. The van der Waals surface area contributed by atoms with E-state index in [-0.39, 0.29) is 5.91 Å². The van der Waals surface area contributed by atoms with E-state index in [0.717, 1.165) is 73.6 Å². The van der Waals surface area contributed by atoms with Crippen molar-refractivity contribution in [3.63, 3.8) is 0 Å². The van der Waals surface area contributed by atoms with Gasteiger partial charge in [0.25, 0.3) is 5.91 Å². The van der Waals surface area contributed by atoms with Crippen LogP contribution < -0.4 is 14.8 Å². The molecule has 0 fully saturated rings. The van der Waals surface area contributed by atoms with Crippen molar-refractivity contribution in [1.82, 2.24) is 4.98 Å². The van der Waals surface area contributed by atoms with Crippen LogP contribution in [0.15, 0.2) is 54.6 Å². The summed E-state index contributed by atoms with van der Waals surface area (Å²) in [5.74, 6) is 1.56. The Morgan fingerprint density at radius 3 is 2.43 bits per heavy atom. The summed E-state index contributed by atoms with van der Waals surface area (Å²) in [6, 6.07) is 18.2. The molecule has 0 spiro atoms. The fourth-order valence-electron chi connectivity index (χ4n) is 5.20. The number of nitrogens with zero attached hydrogens (tertiary/aromatic N) is 1. The zero-order chi connectivity index (χ0) is 26.3. The number of fused-ring (bicyclic) bond motifs is 2. The molecule has 1 aliphatic rings. The van der Waals surface area contributed by atoms with Gasteiger partial charge in [0.1, 0.15) is 18.1 Å². The maximum absolute atomic E-state index is 13.4. The number of para-hydroxylation sites is 2. The minimum absolute atomic E-state index is 0.118. The molecule has 37 heavy (non-hydrogen) atoms. The lowest BCUT2D eigenvalue weighted by molar-refractivity contribution is -0.131. The quantitative estimate of drug-likeness (QED) is 0.322. The number of carbonyl (C=O) groups excluding carboxylic acids is 1. The van der Waals surface area contributed by atoms with E-state index < -0.39 is 5.60 Å². The number of benzene rings is 3. The van der Waals surface area contributed by atoms with E-state index in [0.29, 0.717) is 13.0 Å². The predicted molar refractivity (Wildman–Crippen MR) is 149 cm³/mol. The third kappa shape index (κ3) is 4.55. The molecule has 190 valence electrons. The molecule has 1 aromatic heterocycles. The number of ether oxygens (including phenoxy) is 2. The maximum atomic E-state index is 13.4. The summed E-state index contributed by atoms with van der Waals surface area (Å²) in [5.41, 5.74) is 8.05. The Hall–Kier alpha value is -3.86. The minimum atomic E-state index is -0.956. The number of aryl methyl sites for hydroxylation is 2. The van der Waals surface area contributed by atoms with Gasteiger partial charge < -0.3 is 14.8 Å². The molecular formula is C32H34N2O3. The molecule has 0 bridgehead atoms. The van der Waals surface area contributed by atoms with Crippen LogP contribution in [0.1, 0.15) is 52.4 Å². The molecule has 5 rings (SSSR count). The summed E-state index contributed by atoms with van der Waals surface area (Å²) in [6.07, 6.45) is 1.33. The highest BCUT2D eigenvalue weighted by Crippen LogP contribution is 2.44. The molecule has 5 nitrogen and oxygen atoms in total. The lowest BCUT2D eigenvalue weighted by atomic mass is 9.86. The second-order valence-electron chi connectivity index (χ2n) is 10.3. The first-order valence-electron chi connectivity index (χ1n) is 12.8. The smallest absolute Gasteiger partial charge is 0.268 e. The highest BCUT2D eigenvalue weighted by Gasteiger charge is 2.41. The molecule has 0 saturated carbocycles. The summed E-state index contributed by atoms with van der Waals surface area (Å²) in [7, 11) is 0. The molecule has 2 heterocycles. The Morgan fingerprint density at radius 1 is 0.946 bits per heavy atom. The molecule has 0 saturated heterocycles. The standard InChI is InChI=1S/C32H34N2O3/c1-19-10-9-11-20(2)28(19)34-31(35)32(6)17-16-26-23(5)29(21(3)22(4)30(26)37-32)36-18-25-15-14-24-12-7-8-13-27(24)33-25/h7-15H,16-18H2,1-6H3,(H,34,35). The SMILES string of the molecule is Cc1cccc(C)c1NC(=O)C1(C)CCc2c(C)c(OCc3ccc4ccccc4n3)c(C)c(C)c2O1. The van der Waals surface area contributed by atoms with Crippen LogP contribution in [0.5, 0.6) is 11.5 Å². The summed E-state index contributed by atoms with van der Waals surface area (Å²) in [5, 5.41) is 4.25. The molecule has 4 aromatic rings. The van der Waals surface area contributed by atoms with Crippen molar-refractivity contribution in [1.29, 1.82) is 0 Å². The molecule has 1 unspecified atom stereocenters. The molecule has 5 heteroatoms. The van der Waals surface area contributed by atoms with E-state index in [1.54, 1.807) is 0 Å². The lowest BCUT2D eigenvalue weighted by Crippen LogP contribution is -2.48. The van der Waals surface area contributed by atoms with Crippen LogP contribution in [-0.4, -0.2) is 16.5 Å². The summed E-state index contributed by atoms with van der Waals surface area (Å²) in [4.78, 5) is 18.2. The van der Waals surface area contributed by atoms with Crippen molar-refractivity contribution in [2.24, 2.45) is 0 Å². The van der Waals surface area contributed by atoms with E-state index in [1.165, 1.54) is 0 Å². The molecule has 1 aliphatic heterocycles. The van der Waals surface area contributed by atoms with Crippen molar-refractivity contribution < 1.29 is 14.3 Å². The number of nitrogens with one attached hydrogen (secondary N) is 1. The molecule has 0 aliphatic carbocycles. The van der Waals surface area contributed by atoms with Crippen LogP contribution in [0.2, 0.25) is 0 Å². The van der Waals surface area contributed by atoms with Gasteiger partial charge in [-0.2, -0.15) is 0 Å². The van der Waals surface area contributed by atoms with E-state index in [1.807, 2.05) is 70.2 Å². The largest absolute Gasteiger partial charge is 0.487 e. The van der Waals surface area contributed by atoms with Gasteiger partial charge in [-0.1, -0.05) is 42.5 Å². The van der Waals surface area contributed by atoms with Gasteiger partial charge in [0.15, 0.2) is 5.60 Å².